The Morgan fingerprint density at radius 1 is 1.04 bits per heavy atom. The highest BCUT2D eigenvalue weighted by Crippen LogP contribution is 2.27. The van der Waals surface area contributed by atoms with Gasteiger partial charge in [-0.25, -0.2) is 18.7 Å². The maximum absolute atomic E-state index is 13.9. The molecule has 0 amide bonds. The predicted molar refractivity (Wildman–Crippen MR) is 97.8 cm³/mol. The summed E-state index contributed by atoms with van der Waals surface area (Å²) in [6, 6.07) is 10.6. The Kier molecular flexibility index (Phi) is 5.11. The van der Waals surface area contributed by atoms with Gasteiger partial charge in [-0.2, -0.15) is 0 Å². The second-order valence-corrected chi connectivity index (χ2v) is 5.80. The maximum Gasteiger partial charge on any atom is 0.167 e. The Balaban J connectivity index is 2.01. The van der Waals surface area contributed by atoms with Crippen molar-refractivity contribution in [2.24, 2.45) is 0 Å². The molecule has 0 bridgehead atoms. The van der Waals surface area contributed by atoms with Crippen LogP contribution in [0.3, 0.4) is 0 Å². The van der Waals surface area contributed by atoms with Gasteiger partial charge in [0.1, 0.15) is 11.6 Å². The Labute approximate surface area is 150 Å². The van der Waals surface area contributed by atoms with Crippen LogP contribution in [-0.4, -0.2) is 17.1 Å². The Morgan fingerprint density at radius 2 is 1.77 bits per heavy atom. The van der Waals surface area contributed by atoms with Gasteiger partial charge in [0.2, 0.25) is 0 Å². The number of aryl methyl sites for hydroxylation is 1. The first-order valence-electron chi connectivity index (χ1n) is 8.25. The van der Waals surface area contributed by atoms with E-state index in [2.05, 4.69) is 15.3 Å². The van der Waals surface area contributed by atoms with E-state index < -0.39 is 5.82 Å². The zero-order valence-electron chi connectivity index (χ0n) is 14.8. The van der Waals surface area contributed by atoms with Gasteiger partial charge in [0.05, 0.1) is 7.11 Å². The predicted octanol–water partition coefficient (Wildman–Crippen LogP) is 5.04. The van der Waals surface area contributed by atoms with Crippen molar-refractivity contribution in [3.63, 3.8) is 0 Å². The van der Waals surface area contributed by atoms with Gasteiger partial charge in [0.25, 0.3) is 0 Å². The van der Waals surface area contributed by atoms with E-state index >= 15 is 0 Å². The molecule has 0 aliphatic rings. The van der Waals surface area contributed by atoms with Crippen LogP contribution in [0.15, 0.2) is 42.5 Å². The number of rotatable bonds is 5. The monoisotopic (exact) mass is 355 g/mol. The second kappa shape index (κ2) is 7.47. The van der Waals surface area contributed by atoms with Gasteiger partial charge in [-0.1, -0.05) is 6.92 Å². The average molecular weight is 355 g/mol. The minimum atomic E-state index is -0.460. The fourth-order valence-corrected chi connectivity index (χ4v) is 2.64. The van der Waals surface area contributed by atoms with Crippen LogP contribution in [0, 0.1) is 18.6 Å². The molecule has 4 nitrogen and oxygen atoms in total. The van der Waals surface area contributed by atoms with Crippen LogP contribution in [-0.2, 0) is 6.42 Å². The standard InChI is InChI=1S/C20H19F2N3O/c1-4-17-12(2)19(23-15-9-10-18(26-3)16(22)11-15)25-20(24-17)13-5-7-14(21)8-6-13/h5-11H,4H2,1-3H3,(H,23,24,25). The van der Waals surface area contributed by atoms with Crippen molar-refractivity contribution in [1.82, 2.24) is 9.97 Å². The number of halogens is 2. The SMILES string of the molecule is CCc1nc(-c2ccc(F)cc2)nc(Nc2ccc(OC)c(F)c2)c1C. The lowest BCUT2D eigenvalue weighted by Gasteiger charge is -2.14. The van der Waals surface area contributed by atoms with Gasteiger partial charge in [0.15, 0.2) is 17.4 Å². The summed E-state index contributed by atoms with van der Waals surface area (Å²) in [5.41, 5.74) is 3.02. The number of nitrogens with zero attached hydrogens (tertiary/aromatic N) is 2. The van der Waals surface area contributed by atoms with Crippen LogP contribution in [0.4, 0.5) is 20.3 Å². The van der Waals surface area contributed by atoms with Gasteiger partial charge < -0.3 is 10.1 Å². The fourth-order valence-electron chi connectivity index (χ4n) is 2.64. The van der Waals surface area contributed by atoms with E-state index in [4.69, 9.17) is 4.74 Å². The molecule has 0 saturated heterocycles. The summed E-state index contributed by atoms with van der Waals surface area (Å²) in [4.78, 5) is 9.12. The van der Waals surface area contributed by atoms with Crippen LogP contribution in [0.25, 0.3) is 11.4 Å². The van der Waals surface area contributed by atoms with Crippen LogP contribution < -0.4 is 10.1 Å². The average Bonchev–Trinajstić information content (AvgIpc) is 2.64. The molecular formula is C20H19F2N3O. The van der Waals surface area contributed by atoms with Crippen molar-refractivity contribution in [2.75, 3.05) is 12.4 Å². The van der Waals surface area contributed by atoms with Crippen molar-refractivity contribution in [2.45, 2.75) is 20.3 Å². The Bertz CT molecular complexity index is 927. The summed E-state index contributed by atoms with van der Waals surface area (Å²) in [6.45, 7) is 3.91. The molecule has 26 heavy (non-hydrogen) atoms. The van der Waals surface area contributed by atoms with Crippen LogP contribution in [0.2, 0.25) is 0 Å². The van der Waals surface area contributed by atoms with Crippen LogP contribution in [0.1, 0.15) is 18.2 Å². The molecule has 1 N–H and O–H groups in total. The summed E-state index contributed by atoms with van der Waals surface area (Å²) in [5, 5.41) is 3.14. The summed E-state index contributed by atoms with van der Waals surface area (Å²) >= 11 is 0. The van der Waals surface area contributed by atoms with E-state index in [0.29, 0.717) is 29.3 Å². The third-order valence-electron chi connectivity index (χ3n) is 4.10. The maximum atomic E-state index is 13.9. The van der Waals surface area contributed by atoms with E-state index in [-0.39, 0.29) is 11.6 Å². The number of hydrogen-bond acceptors (Lipinski definition) is 4. The molecule has 3 rings (SSSR count). The number of hydrogen-bond donors (Lipinski definition) is 1. The number of methoxy groups -OCH3 is 1. The molecule has 0 saturated carbocycles. The summed E-state index contributed by atoms with van der Waals surface area (Å²) in [6.07, 6.45) is 0.716. The molecular weight excluding hydrogens is 336 g/mol. The van der Waals surface area contributed by atoms with Crippen molar-refractivity contribution in [3.05, 3.63) is 65.4 Å². The van der Waals surface area contributed by atoms with Crippen LogP contribution >= 0.6 is 0 Å². The fraction of sp³-hybridized carbons (Fsp3) is 0.200. The highest BCUT2D eigenvalue weighted by molar-refractivity contribution is 5.65. The number of anilines is 2. The molecule has 134 valence electrons. The third-order valence-corrected chi connectivity index (χ3v) is 4.10. The molecule has 0 spiro atoms. The quantitative estimate of drug-likeness (QED) is 0.696. The third kappa shape index (κ3) is 3.64. The minimum absolute atomic E-state index is 0.177. The Hall–Kier alpha value is -3.02. The zero-order chi connectivity index (χ0) is 18.7. The minimum Gasteiger partial charge on any atom is -0.494 e. The zero-order valence-corrected chi connectivity index (χ0v) is 14.8. The molecule has 0 atom stereocenters. The summed E-state index contributed by atoms with van der Waals surface area (Å²) in [5.74, 6) is 0.475. The molecule has 1 heterocycles. The van der Waals surface area contributed by atoms with Gasteiger partial charge >= 0.3 is 0 Å². The summed E-state index contributed by atoms with van der Waals surface area (Å²) in [7, 11) is 1.42. The molecule has 3 aromatic rings. The molecule has 0 fully saturated rings. The lowest BCUT2D eigenvalue weighted by molar-refractivity contribution is 0.386. The Morgan fingerprint density at radius 3 is 2.38 bits per heavy atom. The van der Waals surface area contributed by atoms with Gasteiger partial charge in [-0.3, -0.25) is 0 Å². The van der Waals surface area contributed by atoms with E-state index in [1.165, 1.54) is 25.3 Å². The normalized spacial score (nSPS) is 10.7. The molecule has 0 aliphatic heterocycles. The lowest BCUT2D eigenvalue weighted by Crippen LogP contribution is -2.05. The van der Waals surface area contributed by atoms with E-state index in [9.17, 15) is 8.78 Å². The van der Waals surface area contributed by atoms with Crippen LogP contribution in [0.5, 0.6) is 5.75 Å². The molecule has 0 unspecified atom stereocenters. The van der Waals surface area contributed by atoms with Crippen molar-refractivity contribution < 1.29 is 13.5 Å². The summed E-state index contributed by atoms with van der Waals surface area (Å²) < 4.78 is 32.1. The topological polar surface area (TPSA) is 47.0 Å². The smallest absolute Gasteiger partial charge is 0.167 e. The van der Waals surface area contributed by atoms with Crippen molar-refractivity contribution in [3.8, 4) is 17.1 Å². The largest absolute Gasteiger partial charge is 0.494 e. The number of nitrogens with one attached hydrogen (secondary N) is 1. The highest BCUT2D eigenvalue weighted by atomic mass is 19.1. The molecule has 0 radical (unpaired) electrons. The van der Waals surface area contributed by atoms with E-state index in [1.807, 2.05) is 13.8 Å². The highest BCUT2D eigenvalue weighted by Gasteiger charge is 2.13. The number of aromatic nitrogens is 2. The van der Waals surface area contributed by atoms with Crippen molar-refractivity contribution in [1.29, 1.82) is 0 Å². The second-order valence-electron chi connectivity index (χ2n) is 5.80. The molecule has 2 aromatic carbocycles. The van der Waals surface area contributed by atoms with Gasteiger partial charge in [0, 0.05) is 28.6 Å². The first-order chi connectivity index (χ1) is 12.5. The van der Waals surface area contributed by atoms with Gasteiger partial charge in [-0.15, -0.1) is 0 Å². The van der Waals surface area contributed by atoms with Gasteiger partial charge in [-0.05, 0) is 49.7 Å². The first kappa shape index (κ1) is 17.8. The van der Waals surface area contributed by atoms with E-state index in [1.54, 1.807) is 24.3 Å². The van der Waals surface area contributed by atoms with Crippen molar-refractivity contribution >= 4 is 11.5 Å². The molecule has 1 aromatic heterocycles. The van der Waals surface area contributed by atoms with E-state index in [0.717, 1.165) is 11.3 Å². The molecule has 0 aliphatic carbocycles. The molecule has 6 heteroatoms. The number of ether oxygens (including phenoxy) is 1. The first-order valence-corrected chi connectivity index (χ1v) is 8.25. The number of benzene rings is 2. The lowest BCUT2D eigenvalue weighted by atomic mass is 10.1.